The molecule has 1 spiro atoms. The molecule has 3 aliphatic rings. The minimum Gasteiger partial charge on any atom is -0.353 e. The summed E-state index contributed by atoms with van der Waals surface area (Å²) in [5.41, 5.74) is 0.876. The number of carbonyl (C=O) groups excluding carboxylic acids is 2. The molecule has 2 amide bonds. The van der Waals surface area contributed by atoms with E-state index >= 15 is 0 Å². The highest BCUT2D eigenvalue weighted by atomic mass is 19.1. The maximum absolute atomic E-state index is 13.1. The molecule has 1 aromatic carbocycles. The van der Waals surface area contributed by atoms with Gasteiger partial charge in [-0.1, -0.05) is 18.2 Å². The fourth-order valence-corrected chi connectivity index (χ4v) is 5.19. The Morgan fingerprint density at radius 2 is 1.67 bits per heavy atom. The van der Waals surface area contributed by atoms with Crippen LogP contribution in [0.4, 0.5) is 10.2 Å². The molecule has 2 aromatic rings. The van der Waals surface area contributed by atoms with Crippen LogP contribution in [0.3, 0.4) is 0 Å². The summed E-state index contributed by atoms with van der Waals surface area (Å²) in [5, 5.41) is 0. The van der Waals surface area contributed by atoms with Crippen molar-refractivity contribution in [3.05, 3.63) is 66.1 Å². The second kappa shape index (κ2) is 8.96. The Balaban J connectivity index is 1.09. The Morgan fingerprint density at radius 1 is 0.939 bits per heavy atom. The first-order valence-electron chi connectivity index (χ1n) is 11.7. The molecule has 1 unspecified atom stereocenters. The van der Waals surface area contributed by atoms with Crippen LogP contribution in [0.15, 0.2) is 54.7 Å². The lowest BCUT2D eigenvalue weighted by atomic mass is 9.90. The molecule has 33 heavy (non-hydrogen) atoms. The molecule has 1 atom stereocenters. The molecule has 6 nitrogen and oxygen atoms in total. The second-order valence-corrected chi connectivity index (χ2v) is 9.33. The number of benzene rings is 1. The molecule has 0 N–H and O–H groups in total. The monoisotopic (exact) mass is 448 g/mol. The molecule has 0 radical (unpaired) electrons. The van der Waals surface area contributed by atoms with Crippen LogP contribution >= 0.6 is 0 Å². The molecule has 3 heterocycles. The van der Waals surface area contributed by atoms with Crippen molar-refractivity contribution in [2.24, 2.45) is 11.3 Å². The van der Waals surface area contributed by atoms with E-state index in [4.69, 9.17) is 0 Å². The number of rotatable bonds is 4. The quantitative estimate of drug-likeness (QED) is 0.674. The molecular formula is C26H29FN4O2. The van der Waals surface area contributed by atoms with Gasteiger partial charge in [0.15, 0.2) is 0 Å². The van der Waals surface area contributed by atoms with Gasteiger partial charge in [-0.15, -0.1) is 0 Å². The summed E-state index contributed by atoms with van der Waals surface area (Å²) in [6.07, 6.45) is 7.79. The summed E-state index contributed by atoms with van der Waals surface area (Å²) in [7, 11) is 0. The van der Waals surface area contributed by atoms with Crippen molar-refractivity contribution in [1.82, 2.24) is 14.8 Å². The summed E-state index contributed by atoms with van der Waals surface area (Å²) in [6, 6.07) is 12.0. The maximum atomic E-state index is 13.1. The average molecular weight is 449 g/mol. The van der Waals surface area contributed by atoms with Crippen LogP contribution in [0.5, 0.6) is 0 Å². The Kier molecular flexibility index (Phi) is 5.87. The van der Waals surface area contributed by atoms with Crippen molar-refractivity contribution in [3.8, 4) is 0 Å². The number of hydrogen-bond donors (Lipinski definition) is 0. The standard InChI is InChI=1S/C26H29FN4O2/c27-21-7-4-20(5-8-21)6-9-24(32)30-13-10-26(11-14-30)19-22(26)25(33)31-17-15-29(16-18-31)23-3-1-2-12-28-23/h1-9,12,22H,10-11,13-19H2/b9-6+. The molecule has 0 bridgehead atoms. The summed E-state index contributed by atoms with van der Waals surface area (Å²) < 4.78 is 13.0. The molecule has 2 aliphatic heterocycles. The molecule has 1 aliphatic carbocycles. The minimum absolute atomic E-state index is 0.0247. The Bertz CT molecular complexity index is 1020. The van der Waals surface area contributed by atoms with E-state index in [1.165, 1.54) is 12.1 Å². The van der Waals surface area contributed by atoms with E-state index in [2.05, 4.69) is 9.88 Å². The third kappa shape index (κ3) is 4.63. The van der Waals surface area contributed by atoms with Gasteiger partial charge in [0.2, 0.25) is 11.8 Å². The first-order chi connectivity index (χ1) is 16.0. The predicted molar refractivity (Wildman–Crippen MR) is 125 cm³/mol. The fourth-order valence-electron chi connectivity index (χ4n) is 5.19. The SMILES string of the molecule is O=C(/C=C/c1ccc(F)cc1)N1CCC2(CC1)CC2C(=O)N1CCN(c2ccccn2)CC1. The Labute approximate surface area is 193 Å². The number of piperidine rings is 1. The zero-order valence-electron chi connectivity index (χ0n) is 18.7. The van der Waals surface area contributed by atoms with E-state index in [-0.39, 0.29) is 29.0 Å². The number of likely N-dealkylation sites (tertiary alicyclic amines) is 1. The summed E-state index contributed by atoms with van der Waals surface area (Å²) in [5.74, 6) is 1.04. The number of halogens is 1. The fraction of sp³-hybridized carbons (Fsp3) is 0.423. The highest BCUT2D eigenvalue weighted by Gasteiger charge is 2.59. The van der Waals surface area contributed by atoms with Gasteiger partial charge in [-0.05, 0) is 60.6 Å². The van der Waals surface area contributed by atoms with Crippen molar-refractivity contribution in [2.45, 2.75) is 19.3 Å². The molecule has 172 valence electrons. The predicted octanol–water partition coefficient (Wildman–Crippen LogP) is 3.21. The zero-order valence-corrected chi connectivity index (χ0v) is 18.7. The number of carbonyl (C=O) groups is 2. The van der Waals surface area contributed by atoms with E-state index in [1.54, 1.807) is 30.5 Å². The Morgan fingerprint density at radius 3 is 2.33 bits per heavy atom. The van der Waals surface area contributed by atoms with Gasteiger partial charge in [0, 0.05) is 57.5 Å². The van der Waals surface area contributed by atoms with Gasteiger partial charge in [-0.3, -0.25) is 9.59 Å². The number of amides is 2. The van der Waals surface area contributed by atoms with Gasteiger partial charge in [-0.2, -0.15) is 0 Å². The van der Waals surface area contributed by atoms with Crippen LogP contribution in [0, 0.1) is 17.2 Å². The van der Waals surface area contributed by atoms with Crippen molar-refractivity contribution >= 4 is 23.7 Å². The number of nitrogens with zero attached hydrogens (tertiary/aromatic N) is 4. The molecule has 1 aromatic heterocycles. The van der Waals surface area contributed by atoms with Crippen molar-refractivity contribution in [2.75, 3.05) is 44.2 Å². The third-order valence-corrected chi connectivity index (χ3v) is 7.41. The van der Waals surface area contributed by atoms with Crippen LogP contribution < -0.4 is 4.90 Å². The third-order valence-electron chi connectivity index (χ3n) is 7.41. The van der Waals surface area contributed by atoms with Crippen LogP contribution in [0.25, 0.3) is 6.08 Å². The maximum Gasteiger partial charge on any atom is 0.246 e. The number of hydrogen-bond acceptors (Lipinski definition) is 4. The van der Waals surface area contributed by atoms with Crippen molar-refractivity contribution in [3.63, 3.8) is 0 Å². The number of anilines is 1. The van der Waals surface area contributed by atoms with Crippen LogP contribution in [-0.4, -0.2) is 65.9 Å². The Hall–Kier alpha value is -3.22. The molecular weight excluding hydrogens is 419 g/mol. The smallest absolute Gasteiger partial charge is 0.246 e. The summed E-state index contributed by atoms with van der Waals surface area (Å²) in [6.45, 7) is 4.46. The highest BCUT2D eigenvalue weighted by molar-refractivity contribution is 5.92. The molecule has 1 saturated carbocycles. The van der Waals surface area contributed by atoms with Gasteiger partial charge >= 0.3 is 0 Å². The van der Waals surface area contributed by atoms with E-state index in [1.807, 2.05) is 28.0 Å². The topological polar surface area (TPSA) is 56.8 Å². The summed E-state index contributed by atoms with van der Waals surface area (Å²) in [4.78, 5) is 36.2. The minimum atomic E-state index is -0.288. The highest BCUT2D eigenvalue weighted by Crippen LogP contribution is 2.60. The largest absolute Gasteiger partial charge is 0.353 e. The first-order valence-corrected chi connectivity index (χ1v) is 11.7. The molecule has 7 heteroatoms. The zero-order chi connectivity index (χ0) is 22.8. The molecule has 2 saturated heterocycles. The summed E-state index contributed by atoms with van der Waals surface area (Å²) >= 11 is 0. The van der Waals surface area contributed by atoms with E-state index < -0.39 is 0 Å². The van der Waals surface area contributed by atoms with Crippen molar-refractivity contribution < 1.29 is 14.0 Å². The molecule has 3 fully saturated rings. The van der Waals surface area contributed by atoms with Gasteiger partial charge in [-0.25, -0.2) is 9.37 Å². The lowest BCUT2D eigenvalue weighted by Crippen LogP contribution is -2.50. The van der Waals surface area contributed by atoms with Gasteiger partial charge in [0.1, 0.15) is 11.6 Å². The number of aromatic nitrogens is 1. The first kappa shape index (κ1) is 21.6. The number of pyridine rings is 1. The average Bonchev–Trinajstić information content (AvgIpc) is 3.57. The van der Waals surface area contributed by atoms with Gasteiger partial charge in [0.25, 0.3) is 0 Å². The normalized spacial score (nSPS) is 22.1. The van der Waals surface area contributed by atoms with Gasteiger partial charge < -0.3 is 14.7 Å². The number of piperazine rings is 1. The second-order valence-electron chi connectivity index (χ2n) is 9.33. The van der Waals surface area contributed by atoms with Crippen LogP contribution in [-0.2, 0) is 9.59 Å². The van der Waals surface area contributed by atoms with Crippen LogP contribution in [0.2, 0.25) is 0 Å². The van der Waals surface area contributed by atoms with E-state index in [0.29, 0.717) is 13.1 Å². The van der Waals surface area contributed by atoms with Gasteiger partial charge in [0.05, 0.1) is 0 Å². The van der Waals surface area contributed by atoms with E-state index in [9.17, 15) is 14.0 Å². The lowest BCUT2D eigenvalue weighted by Gasteiger charge is -2.37. The molecule has 5 rings (SSSR count). The lowest BCUT2D eigenvalue weighted by molar-refractivity contribution is -0.134. The van der Waals surface area contributed by atoms with Crippen LogP contribution in [0.1, 0.15) is 24.8 Å². The van der Waals surface area contributed by atoms with Crippen molar-refractivity contribution in [1.29, 1.82) is 0 Å². The van der Waals surface area contributed by atoms with E-state index in [0.717, 1.165) is 56.8 Å².